The number of aromatic nitrogens is 2. The van der Waals surface area contributed by atoms with Crippen molar-refractivity contribution < 1.29 is 8.42 Å². The lowest BCUT2D eigenvalue weighted by Gasteiger charge is -2.35. The van der Waals surface area contributed by atoms with Crippen LogP contribution in [0.4, 0.5) is 5.95 Å². The summed E-state index contributed by atoms with van der Waals surface area (Å²) in [5.74, 6) is 1.72. The Morgan fingerprint density at radius 3 is 2.35 bits per heavy atom. The SMILES string of the molecule is CS(=O)(=O)N1CCC(CN=C(N)N2CCN(c3ncccn3)CC2)CC1. The molecule has 2 N–H and O–H groups in total. The summed E-state index contributed by atoms with van der Waals surface area (Å²) in [5.41, 5.74) is 6.17. The van der Waals surface area contributed by atoms with E-state index in [-0.39, 0.29) is 0 Å². The van der Waals surface area contributed by atoms with Crippen molar-refractivity contribution >= 4 is 21.9 Å². The van der Waals surface area contributed by atoms with Gasteiger partial charge in [0.2, 0.25) is 16.0 Å². The maximum atomic E-state index is 11.6. The molecule has 1 aromatic rings. The summed E-state index contributed by atoms with van der Waals surface area (Å²) < 4.78 is 24.7. The maximum Gasteiger partial charge on any atom is 0.225 e. The van der Waals surface area contributed by atoms with Gasteiger partial charge in [0.1, 0.15) is 0 Å². The summed E-state index contributed by atoms with van der Waals surface area (Å²) in [7, 11) is -3.08. The lowest BCUT2D eigenvalue weighted by Crippen LogP contribution is -2.51. The lowest BCUT2D eigenvalue weighted by molar-refractivity contribution is 0.279. The highest BCUT2D eigenvalue weighted by Crippen LogP contribution is 2.19. The fourth-order valence-corrected chi connectivity index (χ4v) is 4.21. The zero-order valence-electron chi connectivity index (χ0n) is 15.2. The first-order valence-corrected chi connectivity index (χ1v) is 10.8. The zero-order chi connectivity index (χ0) is 18.6. The molecule has 0 saturated carbocycles. The Hall–Kier alpha value is -1.94. The van der Waals surface area contributed by atoms with Crippen molar-refractivity contribution in [2.75, 3.05) is 57.0 Å². The standard InChI is InChI=1S/C16H27N7O2S/c1-26(24,25)23-7-3-14(4-8-23)13-20-15(17)21-9-11-22(12-10-21)16-18-5-2-6-19-16/h2,5-6,14H,3-4,7-13H2,1H3,(H2,17,20). The Balaban J connectivity index is 1.45. The van der Waals surface area contributed by atoms with Crippen LogP contribution in [0.3, 0.4) is 0 Å². The monoisotopic (exact) mass is 381 g/mol. The first-order chi connectivity index (χ1) is 12.4. The Bertz CT molecular complexity index is 709. The van der Waals surface area contributed by atoms with Crippen LogP contribution in [-0.4, -0.2) is 85.6 Å². The highest BCUT2D eigenvalue weighted by molar-refractivity contribution is 7.88. The highest BCUT2D eigenvalue weighted by atomic mass is 32.2. The molecule has 2 aliphatic rings. The minimum atomic E-state index is -3.08. The van der Waals surface area contributed by atoms with Gasteiger partial charge in [-0.2, -0.15) is 0 Å². The van der Waals surface area contributed by atoms with E-state index in [9.17, 15) is 8.42 Å². The summed E-state index contributed by atoms with van der Waals surface area (Å²) >= 11 is 0. The quantitative estimate of drug-likeness (QED) is 0.558. The summed E-state index contributed by atoms with van der Waals surface area (Å²) in [5, 5.41) is 0. The number of nitrogens with zero attached hydrogens (tertiary/aromatic N) is 6. The van der Waals surface area contributed by atoms with Crippen LogP contribution in [0, 0.1) is 5.92 Å². The molecule has 26 heavy (non-hydrogen) atoms. The molecule has 0 bridgehead atoms. The summed E-state index contributed by atoms with van der Waals surface area (Å²) in [6, 6.07) is 1.81. The molecule has 3 rings (SSSR count). The van der Waals surface area contributed by atoms with Crippen molar-refractivity contribution in [3.05, 3.63) is 18.5 Å². The zero-order valence-corrected chi connectivity index (χ0v) is 16.0. The molecule has 0 aliphatic carbocycles. The number of hydrogen-bond donors (Lipinski definition) is 1. The van der Waals surface area contributed by atoms with Crippen molar-refractivity contribution in [1.29, 1.82) is 0 Å². The number of aliphatic imine (C=N–C) groups is 1. The summed E-state index contributed by atoms with van der Waals surface area (Å²) in [6.07, 6.45) is 6.44. The van der Waals surface area contributed by atoms with E-state index in [4.69, 9.17) is 5.73 Å². The number of piperazine rings is 1. The molecule has 144 valence electrons. The molecule has 0 aromatic carbocycles. The van der Waals surface area contributed by atoms with Gasteiger partial charge in [-0.25, -0.2) is 22.7 Å². The van der Waals surface area contributed by atoms with Crippen molar-refractivity contribution in [3.63, 3.8) is 0 Å². The molecule has 1 aromatic heterocycles. The van der Waals surface area contributed by atoms with Gasteiger partial charge < -0.3 is 15.5 Å². The highest BCUT2D eigenvalue weighted by Gasteiger charge is 2.25. The Labute approximate surface area is 155 Å². The molecule has 0 radical (unpaired) electrons. The van der Waals surface area contributed by atoms with Crippen LogP contribution in [-0.2, 0) is 10.0 Å². The van der Waals surface area contributed by atoms with Crippen LogP contribution < -0.4 is 10.6 Å². The van der Waals surface area contributed by atoms with E-state index in [1.807, 2.05) is 6.07 Å². The molecule has 3 heterocycles. The number of rotatable bonds is 4. The molecule has 2 aliphatic heterocycles. The minimum absolute atomic E-state index is 0.394. The molecular formula is C16H27N7O2S. The molecule has 0 amide bonds. The van der Waals surface area contributed by atoms with Gasteiger partial charge in [-0.1, -0.05) is 0 Å². The number of guanidine groups is 1. The lowest BCUT2D eigenvalue weighted by atomic mass is 9.98. The average molecular weight is 382 g/mol. The Morgan fingerprint density at radius 1 is 1.15 bits per heavy atom. The number of hydrogen-bond acceptors (Lipinski definition) is 6. The van der Waals surface area contributed by atoms with Crippen molar-refractivity contribution in [2.24, 2.45) is 16.6 Å². The van der Waals surface area contributed by atoms with Crippen LogP contribution >= 0.6 is 0 Å². The first kappa shape index (κ1) is 18.8. The van der Waals surface area contributed by atoms with E-state index >= 15 is 0 Å². The van der Waals surface area contributed by atoms with E-state index in [1.165, 1.54) is 6.26 Å². The number of sulfonamides is 1. The van der Waals surface area contributed by atoms with Gasteiger partial charge in [0, 0.05) is 58.2 Å². The third kappa shape index (κ3) is 4.82. The van der Waals surface area contributed by atoms with Crippen LogP contribution in [0.1, 0.15) is 12.8 Å². The number of anilines is 1. The van der Waals surface area contributed by atoms with E-state index in [0.29, 0.717) is 31.5 Å². The molecule has 9 nitrogen and oxygen atoms in total. The number of nitrogens with two attached hydrogens (primary N) is 1. The van der Waals surface area contributed by atoms with Crippen molar-refractivity contribution in [2.45, 2.75) is 12.8 Å². The van der Waals surface area contributed by atoms with Crippen LogP contribution in [0.25, 0.3) is 0 Å². The smallest absolute Gasteiger partial charge is 0.225 e. The van der Waals surface area contributed by atoms with Gasteiger partial charge in [0.15, 0.2) is 5.96 Å². The third-order valence-electron chi connectivity index (χ3n) is 4.99. The molecular weight excluding hydrogens is 354 g/mol. The largest absolute Gasteiger partial charge is 0.370 e. The van der Waals surface area contributed by atoms with Crippen LogP contribution in [0.2, 0.25) is 0 Å². The van der Waals surface area contributed by atoms with Gasteiger partial charge >= 0.3 is 0 Å². The predicted octanol–water partition coefficient (Wildman–Crippen LogP) is -0.415. The normalized spacial score (nSPS) is 21.2. The average Bonchev–Trinajstić information content (AvgIpc) is 2.66. The van der Waals surface area contributed by atoms with Gasteiger partial charge in [-0.3, -0.25) is 4.99 Å². The molecule has 0 atom stereocenters. The molecule has 0 unspecified atom stereocenters. The molecule has 2 saturated heterocycles. The first-order valence-electron chi connectivity index (χ1n) is 8.95. The van der Waals surface area contributed by atoms with Gasteiger partial charge in [0.05, 0.1) is 6.26 Å². The maximum absolute atomic E-state index is 11.6. The minimum Gasteiger partial charge on any atom is -0.370 e. The third-order valence-corrected chi connectivity index (χ3v) is 6.30. The molecule has 10 heteroatoms. The topological polar surface area (TPSA) is 108 Å². The second-order valence-electron chi connectivity index (χ2n) is 6.83. The van der Waals surface area contributed by atoms with Crippen molar-refractivity contribution in [3.8, 4) is 0 Å². The Kier molecular flexibility index (Phi) is 5.92. The fraction of sp³-hybridized carbons (Fsp3) is 0.688. The van der Waals surface area contributed by atoms with Crippen LogP contribution in [0.15, 0.2) is 23.5 Å². The Morgan fingerprint density at radius 2 is 1.77 bits per heavy atom. The summed E-state index contributed by atoms with van der Waals surface area (Å²) in [4.78, 5) is 17.4. The van der Waals surface area contributed by atoms with E-state index in [1.54, 1.807) is 16.7 Å². The van der Waals surface area contributed by atoms with E-state index in [0.717, 1.165) is 45.0 Å². The summed E-state index contributed by atoms with van der Waals surface area (Å²) in [6.45, 7) is 5.02. The fourth-order valence-electron chi connectivity index (χ4n) is 3.34. The van der Waals surface area contributed by atoms with E-state index in [2.05, 4.69) is 24.8 Å². The second-order valence-corrected chi connectivity index (χ2v) is 8.81. The van der Waals surface area contributed by atoms with Gasteiger partial charge in [-0.15, -0.1) is 0 Å². The second kappa shape index (κ2) is 8.17. The predicted molar refractivity (Wildman–Crippen MR) is 101 cm³/mol. The molecule has 0 spiro atoms. The molecule has 2 fully saturated rings. The van der Waals surface area contributed by atoms with E-state index < -0.39 is 10.0 Å². The number of piperidine rings is 1. The van der Waals surface area contributed by atoms with Gasteiger partial charge in [0.25, 0.3) is 0 Å². The van der Waals surface area contributed by atoms with Gasteiger partial charge in [-0.05, 0) is 24.8 Å². The van der Waals surface area contributed by atoms with Crippen LogP contribution in [0.5, 0.6) is 0 Å². The van der Waals surface area contributed by atoms with Crippen molar-refractivity contribution in [1.82, 2.24) is 19.2 Å².